The molecule has 0 saturated heterocycles. The van der Waals surface area contributed by atoms with Crippen LogP contribution < -0.4 is 5.32 Å². The lowest BCUT2D eigenvalue weighted by Gasteiger charge is -2.09. The Kier molecular flexibility index (Phi) is 5.42. The van der Waals surface area contributed by atoms with Crippen molar-refractivity contribution in [3.8, 4) is 11.3 Å². The quantitative estimate of drug-likeness (QED) is 0.407. The molecule has 0 amide bonds. The van der Waals surface area contributed by atoms with Gasteiger partial charge in [0.05, 0.1) is 28.3 Å². The number of aryl methyl sites for hydroxylation is 4. The smallest absolute Gasteiger partial charge is 0.154 e. The fraction of sp³-hybridized carbons (Fsp3) is 0.250. The number of allylic oxidation sites excluding steroid dienone is 1. The lowest BCUT2D eigenvalue weighted by molar-refractivity contribution is 0.783. The van der Waals surface area contributed by atoms with Crippen molar-refractivity contribution in [2.75, 3.05) is 0 Å². The van der Waals surface area contributed by atoms with E-state index in [1.54, 1.807) is 13.0 Å². The lowest BCUT2D eigenvalue weighted by Crippen LogP contribution is -2.14. The van der Waals surface area contributed by atoms with Gasteiger partial charge < -0.3 is 15.7 Å². The first-order valence-electron chi connectivity index (χ1n) is 10.2. The Labute approximate surface area is 181 Å². The number of nitrogens with one attached hydrogen (secondary N) is 3. The second-order valence-electron chi connectivity index (χ2n) is 7.89. The summed E-state index contributed by atoms with van der Waals surface area (Å²) >= 11 is 0. The predicted molar refractivity (Wildman–Crippen MR) is 125 cm³/mol. The highest BCUT2D eigenvalue weighted by atomic mass is 15.3. The van der Waals surface area contributed by atoms with Crippen molar-refractivity contribution in [1.29, 1.82) is 5.41 Å². The molecule has 3 N–H and O–H groups in total. The van der Waals surface area contributed by atoms with E-state index >= 15 is 0 Å². The first-order chi connectivity index (χ1) is 14.8. The Morgan fingerprint density at radius 3 is 2.68 bits per heavy atom. The van der Waals surface area contributed by atoms with Gasteiger partial charge in [0.15, 0.2) is 5.82 Å². The number of benzene rings is 1. The molecule has 0 aliphatic rings. The summed E-state index contributed by atoms with van der Waals surface area (Å²) in [6.07, 6.45) is 3.65. The van der Waals surface area contributed by atoms with Crippen LogP contribution in [0, 0.1) is 26.2 Å². The molecule has 7 heteroatoms. The Balaban J connectivity index is 1.66. The lowest BCUT2D eigenvalue weighted by atomic mass is 10.1. The number of imidazole rings is 1. The zero-order valence-electron chi connectivity index (χ0n) is 18.5. The Morgan fingerprint density at radius 2 is 1.97 bits per heavy atom. The normalized spacial score (nSPS) is 11.8. The second-order valence-corrected chi connectivity index (χ2v) is 7.89. The maximum absolute atomic E-state index is 7.95. The van der Waals surface area contributed by atoms with E-state index in [2.05, 4.69) is 44.6 Å². The van der Waals surface area contributed by atoms with E-state index < -0.39 is 0 Å². The van der Waals surface area contributed by atoms with Gasteiger partial charge in [-0.2, -0.15) is 5.10 Å². The molecule has 0 fully saturated rings. The third kappa shape index (κ3) is 4.26. The third-order valence-corrected chi connectivity index (χ3v) is 5.28. The van der Waals surface area contributed by atoms with Crippen molar-refractivity contribution < 1.29 is 0 Å². The average molecular weight is 414 g/mol. The van der Waals surface area contributed by atoms with Gasteiger partial charge in [-0.3, -0.25) is 9.67 Å². The molecule has 0 atom stereocenters. The molecular weight excluding hydrogens is 386 g/mol. The predicted octanol–water partition coefficient (Wildman–Crippen LogP) is 4.45. The van der Waals surface area contributed by atoms with Crippen molar-refractivity contribution in [3.63, 3.8) is 0 Å². The molecule has 0 radical (unpaired) electrons. The van der Waals surface area contributed by atoms with Crippen LogP contribution in [0.4, 0.5) is 0 Å². The van der Waals surface area contributed by atoms with Crippen LogP contribution in [0.25, 0.3) is 27.9 Å². The maximum Gasteiger partial charge on any atom is 0.154 e. The highest BCUT2D eigenvalue weighted by molar-refractivity contribution is 5.96. The molecule has 0 saturated carbocycles. The van der Waals surface area contributed by atoms with Crippen LogP contribution in [-0.2, 0) is 13.6 Å². The van der Waals surface area contributed by atoms with Gasteiger partial charge in [-0.25, -0.2) is 4.98 Å². The molecule has 0 aliphatic heterocycles. The minimum atomic E-state index is 0.451. The van der Waals surface area contributed by atoms with Crippen molar-refractivity contribution in [3.05, 3.63) is 71.1 Å². The van der Waals surface area contributed by atoms with Crippen LogP contribution in [0.5, 0.6) is 0 Å². The van der Waals surface area contributed by atoms with E-state index in [9.17, 15) is 0 Å². The number of hydrogen-bond acceptors (Lipinski definition) is 5. The average Bonchev–Trinajstić information content (AvgIpc) is 3.25. The van der Waals surface area contributed by atoms with Crippen LogP contribution in [0.15, 0.2) is 42.6 Å². The van der Waals surface area contributed by atoms with E-state index in [4.69, 9.17) is 10.4 Å². The van der Waals surface area contributed by atoms with Crippen LogP contribution in [0.3, 0.4) is 0 Å². The number of nitrogens with zero attached hydrogens (tertiary/aromatic N) is 4. The molecule has 4 rings (SSSR count). The SMILES string of the molecule is CC(=N)/C=C(/NCc1ccc(C)nc1)c1nc(C)c(-c2ccc3c(c2)c(C)nn3C)[nH]1. The van der Waals surface area contributed by atoms with Gasteiger partial charge in [0.1, 0.15) is 0 Å². The van der Waals surface area contributed by atoms with Crippen LogP contribution in [-0.4, -0.2) is 30.4 Å². The zero-order valence-corrected chi connectivity index (χ0v) is 18.5. The van der Waals surface area contributed by atoms with Crippen molar-refractivity contribution in [2.45, 2.75) is 34.2 Å². The van der Waals surface area contributed by atoms with Crippen LogP contribution in [0.1, 0.15) is 35.4 Å². The van der Waals surface area contributed by atoms with E-state index in [0.29, 0.717) is 18.1 Å². The summed E-state index contributed by atoms with van der Waals surface area (Å²) in [7, 11) is 1.96. The highest BCUT2D eigenvalue weighted by Crippen LogP contribution is 2.28. The summed E-state index contributed by atoms with van der Waals surface area (Å²) in [6, 6.07) is 10.4. The molecule has 3 heterocycles. The molecule has 158 valence electrons. The monoisotopic (exact) mass is 413 g/mol. The minimum Gasteiger partial charge on any atom is -0.378 e. The second kappa shape index (κ2) is 8.18. The number of rotatable bonds is 6. The van der Waals surface area contributed by atoms with Crippen molar-refractivity contribution in [1.82, 2.24) is 30.0 Å². The summed E-state index contributed by atoms with van der Waals surface area (Å²) in [5.41, 5.74) is 8.33. The zero-order chi connectivity index (χ0) is 22.1. The number of pyridine rings is 1. The van der Waals surface area contributed by atoms with Gasteiger partial charge >= 0.3 is 0 Å². The highest BCUT2D eigenvalue weighted by Gasteiger charge is 2.14. The third-order valence-electron chi connectivity index (χ3n) is 5.28. The molecule has 31 heavy (non-hydrogen) atoms. The van der Waals surface area contributed by atoms with Crippen molar-refractivity contribution in [2.24, 2.45) is 7.05 Å². The minimum absolute atomic E-state index is 0.451. The maximum atomic E-state index is 7.95. The molecule has 0 aliphatic carbocycles. The van der Waals surface area contributed by atoms with Gasteiger partial charge in [0, 0.05) is 42.1 Å². The number of hydrogen-bond donors (Lipinski definition) is 3. The summed E-state index contributed by atoms with van der Waals surface area (Å²) < 4.78 is 1.90. The molecule has 0 unspecified atom stereocenters. The fourth-order valence-electron chi connectivity index (χ4n) is 3.69. The number of fused-ring (bicyclic) bond motifs is 1. The summed E-state index contributed by atoms with van der Waals surface area (Å²) in [6.45, 7) is 8.34. The molecule has 1 aromatic carbocycles. The van der Waals surface area contributed by atoms with Gasteiger partial charge in [0.25, 0.3) is 0 Å². The number of aromatic amines is 1. The molecular formula is C24H27N7. The van der Waals surface area contributed by atoms with Gasteiger partial charge in [-0.1, -0.05) is 12.1 Å². The summed E-state index contributed by atoms with van der Waals surface area (Å²) in [4.78, 5) is 12.6. The van der Waals surface area contributed by atoms with E-state index in [1.807, 2.05) is 44.8 Å². The first kappa shape index (κ1) is 20.5. The molecule has 0 bridgehead atoms. The standard InChI is InChI=1S/C24H27N7/c1-14(25)10-21(27-13-18-7-6-15(2)26-12-18)24-28-17(4)23(29-24)19-8-9-22-20(11-19)16(3)30-31(22)5/h6-12,25,27H,13H2,1-5H3,(H,28,29)/b21-10+,25-14?. The van der Waals surface area contributed by atoms with Gasteiger partial charge in [-0.05, 0) is 57.5 Å². The Bertz CT molecular complexity index is 1290. The number of aromatic nitrogens is 5. The molecule has 7 nitrogen and oxygen atoms in total. The van der Waals surface area contributed by atoms with Gasteiger partial charge in [0.2, 0.25) is 0 Å². The van der Waals surface area contributed by atoms with Crippen LogP contribution >= 0.6 is 0 Å². The Morgan fingerprint density at radius 1 is 1.16 bits per heavy atom. The molecule has 4 aromatic rings. The largest absolute Gasteiger partial charge is 0.378 e. The van der Waals surface area contributed by atoms with Crippen LogP contribution in [0.2, 0.25) is 0 Å². The topological polar surface area (TPSA) is 95.3 Å². The fourth-order valence-corrected chi connectivity index (χ4v) is 3.69. The van der Waals surface area contributed by atoms with E-state index in [-0.39, 0.29) is 0 Å². The number of H-pyrrole nitrogens is 1. The van der Waals surface area contributed by atoms with Crippen molar-refractivity contribution >= 4 is 22.3 Å². The Hall–Kier alpha value is -3.74. The molecule has 0 spiro atoms. The summed E-state index contributed by atoms with van der Waals surface area (Å²) in [5.74, 6) is 0.710. The first-order valence-corrected chi connectivity index (χ1v) is 10.2. The van der Waals surface area contributed by atoms with Gasteiger partial charge in [-0.15, -0.1) is 0 Å². The summed E-state index contributed by atoms with van der Waals surface area (Å²) in [5, 5.41) is 17.0. The molecule has 3 aromatic heterocycles. The van der Waals surface area contributed by atoms with E-state index in [0.717, 1.165) is 50.5 Å². The van der Waals surface area contributed by atoms with E-state index in [1.165, 1.54) is 0 Å².